The molecule has 2 aromatic carbocycles. The molecule has 7 heteroatoms. The molecule has 0 radical (unpaired) electrons. The van der Waals surface area contributed by atoms with Gasteiger partial charge in [-0.3, -0.25) is 9.78 Å². The molecule has 0 saturated carbocycles. The number of nitrogens with zero attached hydrogens (tertiary/aromatic N) is 4. The van der Waals surface area contributed by atoms with Gasteiger partial charge in [0.15, 0.2) is 0 Å². The predicted octanol–water partition coefficient (Wildman–Crippen LogP) is 4.44. The van der Waals surface area contributed by atoms with Crippen molar-refractivity contribution in [3.63, 3.8) is 0 Å². The summed E-state index contributed by atoms with van der Waals surface area (Å²) < 4.78 is 20.0. The summed E-state index contributed by atoms with van der Waals surface area (Å²) in [5, 5.41) is 10.4. The number of rotatable bonds is 3. The molecule has 1 saturated heterocycles. The van der Waals surface area contributed by atoms with E-state index in [1.54, 1.807) is 23.2 Å². The highest BCUT2D eigenvalue weighted by Gasteiger charge is 2.30. The number of halogens is 1. The Balaban J connectivity index is 1.40. The maximum Gasteiger partial charge on any atom is 0.266 e. The van der Waals surface area contributed by atoms with Crippen molar-refractivity contribution in [1.29, 1.82) is 0 Å². The lowest BCUT2D eigenvalue weighted by atomic mass is 9.97. The molecule has 0 spiro atoms. The number of pyridine rings is 1. The van der Waals surface area contributed by atoms with Crippen molar-refractivity contribution in [2.75, 3.05) is 13.1 Å². The zero-order valence-corrected chi connectivity index (χ0v) is 16.2. The molecule has 1 aliphatic heterocycles. The normalized spacial score (nSPS) is 16.7. The minimum atomic E-state index is -0.508. The fourth-order valence-electron chi connectivity index (χ4n) is 3.95. The summed E-state index contributed by atoms with van der Waals surface area (Å²) >= 11 is 0. The molecule has 2 aromatic heterocycles. The molecular formula is C23H19FN4O2. The Bertz CT molecular complexity index is 1220. The van der Waals surface area contributed by atoms with Crippen molar-refractivity contribution in [3.05, 3.63) is 78.1 Å². The minimum Gasteiger partial charge on any atom is -0.419 e. The highest BCUT2D eigenvalue weighted by atomic mass is 19.1. The first-order chi connectivity index (χ1) is 14.7. The van der Waals surface area contributed by atoms with Crippen molar-refractivity contribution in [2.24, 2.45) is 0 Å². The number of carbonyl (C=O) groups excluding carboxylic acids is 1. The topological polar surface area (TPSA) is 72.1 Å². The number of carbonyl (C=O) groups is 1. The summed E-state index contributed by atoms with van der Waals surface area (Å²) in [5.41, 5.74) is 0.728. The Morgan fingerprint density at radius 1 is 1.07 bits per heavy atom. The Morgan fingerprint density at radius 3 is 2.80 bits per heavy atom. The van der Waals surface area contributed by atoms with Gasteiger partial charge in [0.05, 0.1) is 11.5 Å². The molecule has 1 fully saturated rings. The first kappa shape index (κ1) is 18.4. The number of benzene rings is 2. The molecule has 0 aliphatic carbocycles. The molecule has 6 nitrogen and oxygen atoms in total. The van der Waals surface area contributed by atoms with Gasteiger partial charge in [-0.1, -0.05) is 36.4 Å². The maximum atomic E-state index is 14.0. The van der Waals surface area contributed by atoms with E-state index in [4.69, 9.17) is 4.42 Å². The number of aromatic nitrogens is 3. The highest BCUT2D eigenvalue weighted by molar-refractivity contribution is 5.94. The number of likely N-dealkylation sites (tertiary alicyclic amines) is 1. The van der Waals surface area contributed by atoms with Crippen molar-refractivity contribution in [1.82, 2.24) is 20.1 Å². The Hall–Kier alpha value is -3.61. The fourth-order valence-corrected chi connectivity index (χ4v) is 3.95. The number of fused-ring (bicyclic) bond motifs is 1. The van der Waals surface area contributed by atoms with Gasteiger partial charge in [0.1, 0.15) is 11.5 Å². The number of amides is 1. The van der Waals surface area contributed by atoms with E-state index in [1.165, 1.54) is 12.1 Å². The summed E-state index contributed by atoms with van der Waals surface area (Å²) in [6.45, 7) is 0.993. The smallest absolute Gasteiger partial charge is 0.266 e. The molecule has 3 heterocycles. The van der Waals surface area contributed by atoms with E-state index in [0.717, 1.165) is 23.6 Å². The van der Waals surface area contributed by atoms with Crippen LogP contribution in [0.3, 0.4) is 0 Å². The quantitative estimate of drug-likeness (QED) is 0.506. The highest BCUT2D eigenvalue weighted by Crippen LogP contribution is 2.31. The summed E-state index contributed by atoms with van der Waals surface area (Å²) in [7, 11) is 0. The van der Waals surface area contributed by atoms with Crippen molar-refractivity contribution in [2.45, 2.75) is 18.8 Å². The monoisotopic (exact) mass is 402 g/mol. The summed E-state index contributed by atoms with van der Waals surface area (Å²) in [6, 6.07) is 15.9. The molecule has 0 N–H and O–H groups in total. The molecule has 4 aromatic rings. The maximum absolute atomic E-state index is 14.0. The van der Waals surface area contributed by atoms with Crippen LogP contribution in [0.15, 0.2) is 65.2 Å². The lowest BCUT2D eigenvalue weighted by molar-refractivity contribution is 0.0693. The van der Waals surface area contributed by atoms with Gasteiger partial charge in [-0.15, -0.1) is 10.2 Å². The first-order valence-electron chi connectivity index (χ1n) is 9.92. The molecule has 1 amide bonds. The van der Waals surface area contributed by atoms with Crippen LogP contribution in [-0.4, -0.2) is 39.1 Å². The van der Waals surface area contributed by atoms with Gasteiger partial charge in [0, 0.05) is 24.7 Å². The minimum absolute atomic E-state index is 0.0873. The lowest BCUT2D eigenvalue weighted by Gasteiger charge is -2.31. The van der Waals surface area contributed by atoms with Crippen molar-refractivity contribution < 1.29 is 13.6 Å². The Labute approximate surface area is 172 Å². The summed E-state index contributed by atoms with van der Waals surface area (Å²) in [4.78, 5) is 18.9. The van der Waals surface area contributed by atoms with E-state index in [0.29, 0.717) is 30.6 Å². The Kier molecular flexibility index (Phi) is 4.71. The van der Waals surface area contributed by atoms with Crippen molar-refractivity contribution in [3.8, 4) is 11.6 Å². The average molecular weight is 402 g/mol. The predicted molar refractivity (Wildman–Crippen MR) is 109 cm³/mol. The third-order valence-corrected chi connectivity index (χ3v) is 5.48. The Morgan fingerprint density at radius 2 is 1.90 bits per heavy atom. The molecule has 30 heavy (non-hydrogen) atoms. The van der Waals surface area contributed by atoms with E-state index < -0.39 is 5.82 Å². The fraction of sp³-hybridized carbons (Fsp3) is 0.217. The van der Waals surface area contributed by atoms with Crippen LogP contribution in [0, 0.1) is 5.82 Å². The summed E-state index contributed by atoms with van der Waals surface area (Å²) in [5.74, 6) is -0.0733. The molecule has 5 rings (SSSR count). The van der Waals surface area contributed by atoms with E-state index in [1.807, 2.05) is 30.3 Å². The van der Waals surface area contributed by atoms with Crippen LogP contribution in [0.25, 0.3) is 22.4 Å². The standard InChI is InChI=1S/C23H19FN4O2/c24-19-10-4-3-9-18(19)23(29)28-13-5-7-16(14-28)21-26-27-22(30-21)20-17-8-2-1-6-15(17)11-12-25-20/h1-4,6,8-12,16H,5,7,13-14H2. The van der Waals surface area contributed by atoms with Gasteiger partial charge in [-0.2, -0.15) is 0 Å². The van der Waals surface area contributed by atoms with E-state index in [2.05, 4.69) is 15.2 Å². The average Bonchev–Trinajstić information content (AvgIpc) is 3.29. The van der Waals surface area contributed by atoms with Crippen LogP contribution in [0.5, 0.6) is 0 Å². The van der Waals surface area contributed by atoms with Crippen LogP contribution < -0.4 is 0 Å². The third-order valence-electron chi connectivity index (χ3n) is 5.48. The van der Waals surface area contributed by atoms with Crippen LogP contribution in [0.2, 0.25) is 0 Å². The third kappa shape index (κ3) is 3.32. The molecule has 150 valence electrons. The number of piperidine rings is 1. The van der Waals surface area contributed by atoms with Gasteiger partial charge in [0.25, 0.3) is 11.8 Å². The largest absolute Gasteiger partial charge is 0.419 e. The summed E-state index contributed by atoms with van der Waals surface area (Å²) in [6.07, 6.45) is 3.33. The van der Waals surface area contributed by atoms with Crippen LogP contribution >= 0.6 is 0 Å². The van der Waals surface area contributed by atoms with Gasteiger partial charge in [-0.05, 0) is 36.4 Å². The van der Waals surface area contributed by atoms with Crippen LogP contribution in [0.4, 0.5) is 4.39 Å². The van der Waals surface area contributed by atoms with Gasteiger partial charge < -0.3 is 9.32 Å². The zero-order chi connectivity index (χ0) is 20.5. The molecule has 1 aliphatic rings. The SMILES string of the molecule is O=C(c1ccccc1F)N1CCCC(c2nnc(-c3nccc4ccccc34)o2)C1. The lowest BCUT2D eigenvalue weighted by Crippen LogP contribution is -2.39. The zero-order valence-electron chi connectivity index (χ0n) is 16.2. The molecule has 1 atom stereocenters. The van der Waals surface area contributed by atoms with E-state index in [-0.39, 0.29) is 17.4 Å². The molecule has 1 unspecified atom stereocenters. The van der Waals surface area contributed by atoms with Crippen LogP contribution in [-0.2, 0) is 0 Å². The van der Waals surface area contributed by atoms with Gasteiger partial charge >= 0.3 is 0 Å². The second-order valence-electron chi connectivity index (χ2n) is 7.40. The van der Waals surface area contributed by atoms with E-state index >= 15 is 0 Å². The number of hydrogen-bond donors (Lipinski definition) is 0. The second-order valence-corrected chi connectivity index (χ2v) is 7.40. The van der Waals surface area contributed by atoms with Gasteiger partial charge in [-0.25, -0.2) is 4.39 Å². The molecule has 0 bridgehead atoms. The van der Waals surface area contributed by atoms with Crippen molar-refractivity contribution >= 4 is 16.7 Å². The van der Waals surface area contributed by atoms with Crippen LogP contribution in [0.1, 0.15) is 35.0 Å². The van der Waals surface area contributed by atoms with E-state index in [9.17, 15) is 9.18 Å². The van der Waals surface area contributed by atoms with Gasteiger partial charge in [0.2, 0.25) is 5.89 Å². The molecular weight excluding hydrogens is 383 g/mol. The second kappa shape index (κ2) is 7.67. The first-order valence-corrected chi connectivity index (χ1v) is 9.92. The number of hydrogen-bond acceptors (Lipinski definition) is 5.